The Balaban J connectivity index is 1.65. The highest BCUT2D eigenvalue weighted by molar-refractivity contribution is 9.11. The molecule has 1 aromatic heterocycles. The van der Waals surface area contributed by atoms with Gasteiger partial charge in [0, 0.05) is 22.0 Å². The van der Waals surface area contributed by atoms with Gasteiger partial charge in [0.05, 0.1) is 21.1 Å². The van der Waals surface area contributed by atoms with Crippen molar-refractivity contribution in [3.8, 4) is 5.75 Å². The number of hydrazone groups is 1. The van der Waals surface area contributed by atoms with E-state index in [-0.39, 0.29) is 6.04 Å². The first-order valence-electron chi connectivity index (χ1n) is 8.51. The first-order chi connectivity index (χ1) is 13.5. The van der Waals surface area contributed by atoms with E-state index >= 15 is 0 Å². The molecule has 0 saturated carbocycles. The molecule has 0 bridgehead atoms. The predicted octanol–water partition coefficient (Wildman–Crippen LogP) is 6.79. The zero-order chi connectivity index (χ0) is 19.4. The van der Waals surface area contributed by atoms with Crippen LogP contribution in [0.2, 0.25) is 0 Å². The summed E-state index contributed by atoms with van der Waals surface area (Å²) in [7, 11) is 0. The molecule has 3 aromatic rings. The Morgan fingerprint density at radius 2 is 1.96 bits per heavy atom. The third-order valence-electron chi connectivity index (χ3n) is 4.84. The summed E-state index contributed by atoms with van der Waals surface area (Å²) in [5.41, 5.74) is 2.47. The summed E-state index contributed by atoms with van der Waals surface area (Å²) in [5.74, 6) is -1.09. The van der Waals surface area contributed by atoms with Crippen molar-refractivity contribution in [1.29, 1.82) is 0 Å². The number of ether oxygens (including phenoxy) is 1. The van der Waals surface area contributed by atoms with Crippen molar-refractivity contribution < 1.29 is 13.5 Å². The minimum atomic E-state index is -0.903. The molecule has 142 valence electrons. The van der Waals surface area contributed by atoms with Gasteiger partial charge in [0.25, 0.3) is 0 Å². The van der Waals surface area contributed by atoms with E-state index in [0.717, 1.165) is 31.2 Å². The van der Waals surface area contributed by atoms with E-state index in [4.69, 9.17) is 9.84 Å². The fraction of sp³-hybridized carbons (Fsp3) is 0.150. The maximum atomic E-state index is 13.9. The van der Waals surface area contributed by atoms with Gasteiger partial charge >= 0.3 is 0 Å². The Kier molecular flexibility index (Phi) is 4.52. The first-order valence-corrected chi connectivity index (χ1v) is 11.0. The highest BCUT2D eigenvalue weighted by atomic mass is 79.9. The van der Waals surface area contributed by atoms with Crippen molar-refractivity contribution in [3.05, 3.63) is 84.4 Å². The Morgan fingerprint density at radius 1 is 1.11 bits per heavy atom. The molecule has 2 unspecified atom stereocenters. The summed E-state index contributed by atoms with van der Waals surface area (Å²) in [6.07, 6.45) is 0.0578. The van der Waals surface area contributed by atoms with Gasteiger partial charge in [-0.25, -0.2) is 13.8 Å². The molecule has 5 rings (SSSR count). The zero-order valence-corrected chi connectivity index (χ0v) is 18.2. The van der Waals surface area contributed by atoms with Crippen molar-refractivity contribution in [2.75, 3.05) is 0 Å². The number of fused-ring (bicyclic) bond motifs is 3. The van der Waals surface area contributed by atoms with Gasteiger partial charge < -0.3 is 4.74 Å². The average Bonchev–Trinajstić information content (AvgIpc) is 3.33. The highest BCUT2D eigenvalue weighted by Gasteiger charge is 2.42. The average molecular weight is 526 g/mol. The van der Waals surface area contributed by atoms with Gasteiger partial charge in [0.2, 0.25) is 6.23 Å². The predicted molar refractivity (Wildman–Crippen MR) is 112 cm³/mol. The van der Waals surface area contributed by atoms with Crippen LogP contribution in [0.15, 0.2) is 61.9 Å². The molecular weight excluding hydrogens is 514 g/mol. The van der Waals surface area contributed by atoms with Crippen LogP contribution in [0.5, 0.6) is 5.75 Å². The fourth-order valence-corrected chi connectivity index (χ4v) is 5.66. The lowest BCUT2D eigenvalue weighted by molar-refractivity contribution is -0.0199. The summed E-state index contributed by atoms with van der Waals surface area (Å²) in [6.45, 7) is 0. The summed E-state index contributed by atoms with van der Waals surface area (Å²) in [5, 5.41) is 8.67. The number of benzene rings is 2. The van der Waals surface area contributed by atoms with E-state index < -0.39 is 17.9 Å². The maximum absolute atomic E-state index is 13.9. The van der Waals surface area contributed by atoms with E-state index in [1.54, 1.807) is 11.3 Å². The van der Waals surface area contributed by atoms with E-state index in [2.05, 4.69) is 31.9 Å². The van der Waals surface area contributed by atoms with Crippen LogP contribution in [0.3, 0.4) is 0 Å². The Hall–Kier alpha value is -1.77. The number of hydrogen-bond acceptors (Lipinski definition) is 4. The third kappa shape index (κ3) is 2.98. The molecule has 3 nitrogen and oxygen atoms in total. The number of hydrogen-bond donors (Lipinski definition) is 0. The molecule has 0 fully saturated rings. The van der Waals surface area contributed by atoms with Crippen molar-refractivity contribution in [1.82, 2.24) is 5.01 Å². The SMILES string of the molecule is Fc1ccc(C2Oc3c(Br)cc(Br)cc3C3CC(c4cccs4)=NN32)cc1F. The van der Waals surface area contributed by atoms with Crippen LogP contribution in [0, 0.1) is 11.6 Å². The number of nitrogens with zero attached hydrogens (tertiary/aromatic N) is 2. The molecule has 2 aromatic carbocycles. The second-order valence-corrected chi connectivity index (χ2v) is 9.29. The topological polar surface area (TPSA) is 24.8 Å². The Labute approximate surface area is 180 Å². The molecule has 8 heteroatoms. The third-order valence-corrected chi connectivity index (χ3v) is 6.81. The molecule has 0 radical (unpaired) electrons. The van der Waals surface area contributed by atoms with Crippen LogP contribution >= 0.6 is 43.2 Å². The quantitative estimate of drug-likeness (QED) is 0.368. The molecule has 28 heavy (non-hydrogen) atoms. The van der Waals surface area contributed by atoms with E-state index in [1.165, 1.54) is 12.1 Å². The van der Waals surface area contributed by atoms with E-state index in [0.29, 0.717) is 17.7 Å². The van der Waals surface area contributed by atoms with Gasteiger partial charge in [-0.1, -0.05) is 28.1 Å². The Bertz CT molecular complexity index is 1100. The molecular formula is C20H12Br2F2N2OS. The van der Waals surface area contributed by atoms with Gasteiger partial charge in [-0.2, -0.15) is 5.10 Å². The van der Waals surface area contributed by atoms with Crippen LogP contribution in [0.4, 0.5) is 8.78 Å². The van der Waals surface area contributed by atoms with E-state index in [1.807, 2.05) is 34.7 Å². The van der Waals surface area contributed by atoms with Gasteiger partial charge in [0.1, 0.15) is 5.75 Å². The van der Waals surface area contributed by atoms with Crippen LogP contribution in [0.1, 0.15) is 34.7 Å². The molecule has 2 aliphatic heterocycles. The lowest BCUT2D eigenvalue weighted by atomic mass is 9.97. The first kappa shape index (κ1) is 18.3. The minimum absolute atomic E-state index is 0.0623. The minimum Gasteiger partial charge on any atom is -0.463 e. The van der Waals surface area contributed by atoms with Crippen LogP contribution in [-0.2, 0) is 0 Å². The lowest BCUT2D eigenvalue weighted by Crippen LogP contribution is -2.34. The molecule has 0 saturated heterocycles. The van der Waals surface area contributed by atoms with Crippen molar-refractivity contribution in [2.45, 2.75) is 18.7 Å². The summed E-state index contributed by atoms with van der Waals surface area (Å²) < 4.78 is 35.3. The van der Waals surface area contributed by atoms with Crippen LogP contribution in [0.25, 0.3) is 0 Å². The van der Waals surface area contributed by atoms with Gasteiger partial charge in [-0.15, -0.1) is 11.3 Å². The lowest BCUT2D eigenvalue weighted by Gasteiger charge is -2.38. The monoisotopic (exact) mass is 524 g/mol. The molecule has 2 atom stereocenters. The standard InChI is InChI=1S/C20H12Br2F2N2OS/c21-11-7-12-17-9-16(18-2-1-5-28-18)25-26(17)20(27-19(12)13(22)8-11)10-3-4-14(23)15(24)6-10/h1-8,17,20H,9H2. The van der Waals surface area contributed by atoms with Crippen molar-refractivity contribution in [2.24, 2.45) is 5.10 Å². The fourth-order valence-electron chi connectivity index (χ4n) is 3.59. The number of halogens is 4. The summed E-state index contributed by atoms with van der Waals surface area (Å²) >= 11 is 8.73. The normalized spacial score (nSPS) is 20.4. The van der Waals surface area contributed by atoms with Crippen LogP contribution < -0.4 is 4.74 Å². The van der Waals surface area contributed by atoms with E-state index in [9.17, 15) is 8.78 Å². The molecule has 0 aliphatic carbocycles. The molecule has 0 spiro atoms. The molecule has 0 amide bonds. The number of thiophene rings is 1. The molecule has 2 aliphatic rings. The zero-order valence-electron chi connectivity index (χ0n) is 14.2. The smallest absolute Gasteiger partial charge is 0.214 e. The van der Waals surface area contributed by atoms with Gasteiger partial charge in [-0.05, 0) is 51.6 Å². The van der Waals surface area contributed by atoms with Gasteiger partial charge in [-0.3, -0.25) is 0 Å². The second-order valence-electron chi connectivity index (χ2n) is 6.57. The summed E-state index contributed by atoms with van der Waals surface area (Å²) in [4.78, 5) is 1.09. The molecule has 3 heterocycles. The Morgan fingerprint density at radius 3 is 2.71 bits per heavy atom. The molecule has 0 N–H and O–H groups in total. The van der Waals surface area contributed by atoms with Crippen molar-refractivity contribution >= 4 is 48.9 Å². The second kappa shape index (κ2) is 6.93. The summed E-state index contributed by atoms with van der Waals surface area (Å²) in [6, 6.07) is 11.7. The van der Waals surface area contributed by atoms with Crippen molar-refractivity contribution in [3.63, 3.8) is 0 Å². The number of rotatable bonds is 2. The maximum Gasteiger partial charge on any atom is 0.214 e. The van der Waals surface area contributed by atoms with Crippen LogP contribution in [-0.4, -0.2) is 10.7 Å². The highest BCUT2D eigenvalue weighted by Crippen LogP contribution is 2.51. The largest absolute Gasteiger partial charge is 0.463 e. The van der Waals surface area contributed by atoms with Gasteiger partial charge in [0.15, 0.2) is 11.6 Å².